The average Bonchev–Trinajstić information content (AvgIpc) is 3.14. The van der Waals surface area contributed by atoms with Crippen LogP contribution in [0.4, 0.5) is 5.13 Å². The van der Waals surface area contributed by atoms with E-state index >= 15 is 0 Å². The predicted molar refractivity (Wildman–Crippen MR) is 98.5 cm³/mol. The van der Waals surface area contributed by atoms with Crippen molar-refractivity contribution in [2.75, 3.05) is 31.6 Å². The Balaban J connectivity index is 1.65. The third-order valence-corrected chi connectivity index (χ3v) is 5.76. The molecule has 2 aromatic rings. The number of likely N-dealkylation sites (N-methyl/N-ethyl adjacent to an activating group) is 2. The molecule has 0 bridgehead atoms. The Bertz CT molecular complexity index is 669. The van der Waals surface area contributed by atoms with Crippen LogP contribution in [-0.2, 0) is 4.79 Å². The molecule has 1 fully saturated rings. The number of aliphatic hydroxyl groups excluding tert-OH is 1. The second-order valence-electron chi connectivity index (χ2n) is 6.56. The van der Waals surface area contributed by atoms with Crippen molar-refractivity contribution in [2.45, 2.75) is 32.3 Å². The van der Waals surface area contributed by atoms with Crippen LogP contribution in [-0.4, -0.2) is 53.7 Å². The van der Waals surface area contributed by atoms with Crippen molar-refractivity contribution >= 4 is 32.6 Å². The van der Waals surface area contributed by atoms with Gasteiger partial charge in [-0.15, -0.1) is 0 Å². The van der Waals surface area contributed by atoms with E-state index in [0.717, 1.165) is 41.2 Å². The van der Waals surface area contributed by atoms with Crippen molar-refractivity contribution in [1.82, 2.24) is 9.88 Å². The number of rotatable bonds is 6. The van der Waals surface area contributed by atoms with Gasteiger partial charge >= 0.3 is 0 Å². The summed E-state index contributed by atoms with van der Waals surface area (Å²) < 4.78 is 1.10. The van der Waals surface area contributed by atoms with E-state index in [1.54, 1.807) is 16.2 Å². The summed E-state index contributed by atoms with van der Waals surface area (Å²) in [6.07, 6.45) is 2.81. The molecular weight excluding hydrogens is 322 g/mol. The fourth-order valence-corrected chi connectivity index (χ4v) is 4.45. The number of benzene rings is 1. The summed E-state index contributed by atoms with van der Waals surface area (Å²) in [5.41, 5.74) is 0.936. The molecule has 0 aliphatic heterocycles. The Morgan fingerprint density at radius 1 is 1.38 bits per heavy atom. The van der Waals surface area contributed by atoms with Gasteiger partial charge in [-0.2, -0.15) is 0 Å². The van der Waals surface area contributed by atoms with E-state index in [0.29, 0.717) is 19.0 Å². The first-order valence-corrected chi connectivity index (χ1v) is 9.42. The Labute approximate surface area is 146 Å². The molecule has 6 heteroatoms. The zero-order valence-electron chi connectivity index (χ0n) is 14.3. The molecule has 0 spiro atoms. The number of carbonyl (C=O) groups is 1. The maximum absolute atomic E-state index is 12.7. The number of nitrogens with zero attached hydrogens (tertiary/aromatic N) is 3. The number of anilines is 1. The summed E-state index contributed by atoms with van der Waals surface area (Å²) in [4.78, 5) is 21.1. The molecule has 0 saturated heterocycles. The number of hydrogen-bond acceptors (Lipinski definition) is 5. The molecule has 2 atom stereocenters. The van der Waals surface area contributed by atoms with Gasteiger partial charge in [0.1, 0.15) is 0 Å². The minimum absolute atomic E-state index is 0.0616. The van der Waals surface area contributed by atoms with Crippen LogP contribution in [0.1, 0.15) is 26.2 Å². The number of hydrogen-bond donors (Lipinski definition) is 1. The van der Waals surface area contributed by atoms with E-state index in [9.17, 15) is 9.90 Å². The Morgan fingerprint density at radius 2 is 2.17 bits per heavy atom. The Kier molecular flexibility index (Phi) is 5.48. The molecule has 1 aromatic heterocycles. The van der Waals surface area contributed by atoms with Gasteiger partial charge in [0.25, 0.3) is 0 Å². The van der Waals surface area contributed by atoms with Crippen LogP contribution in [0, 0.1) is 5.92 Å². The molecule has 130 valence electrons. The van der Waals surface area contributed by atoms with E-state index in [2.05, 4.69) is 4.98 Å². The molecule has 1 aliphatic rings. The second-order valence-corrected chi connectivity index (χ2v) is 7.57. The highest BCUT2D eigenvalue weighted by Crippen LogP contribution is 2.29. The lowest BCUT2D eigenvalue weighted by molar-refractivity contribution is -0.119. The summed E-state index contributed by atoms with van der Waals surface area (Å²) in [7, 11) is 1.95. The highest BCUT2D eigenvalue weighted by atomic mass is 32.1. The molecule has 24 heavy (non-hydrogen) atoms. The number of fused-ring (bicyclic) bond motifs is 1. The largest absolute Gasteiger partial charge is 0.393 e. The highest BCUT2D eigenvalue weighted by Gasteiger charge is 2.27. The molecule has 1 N–H and O–H groups in total. The maximum Gasteiger partial charge on any atom is 0.242 e. The van der Waals surface area contributed by atoms with Gasteiger partial charge in [-0.25, -0.2) is 4.98 Å². The van der Waals surface area contributed by atoms with Gasteiger partial charge in [-0.1, -0.05) is 29.9 Å². The van der Waals surface area contributed by atoms with E-state index in [1.807, 2.05) is 43.1 Å². The molecular formula is C18H25N3O2S. The first-order valence-electron chi connectivity index (χ1n) is 8.61. The van der Waals surface area contributed by atoms with Crippen molar-refractivity contribution in [3.8, 4) is 0 Å². The van der Waals surface area contributed by atoms with Crippen LogP contribution in [0.15, 0.2) is 24.3 Å². The van der Waals surface area contributed by atoms with E-state index in [1.165, 1.54) is 0 Å². The van der Waals surface area contributed by atoms with Crippen LogP contribution in [0.5, 0.6) is 0 Å². The second kappa shape index (κ2) is 7.59. The predicted octanol–water partition coefficient (Wildman–Crippen LogP) is 2.74. The molecule has 1 heterocycles. The highest BCUT2D eigenvalue weighted by molar-refractivity contribution is 7.22. The van der Waals surface area contributed by atoms with Gasteiger partial charge in [-0.05, 0) is 44.9 Å². The zero-order chi connectivity index (χ0) is 17.1. The van der Waals surface area contributed by atoms with Gasteiger partial charge in [0.2, 0.25) is 5.91 Å². The van der Waals surface area contributed by atoms with Gasteiger partial charge in [0.15, 0.2) is 5.13 Å². The third kappa shape index (κ3) is 3.77. The summed E-state index contributed by atoms with van der Waals surface area (Å²) in [5, 5.41) is 10.7. The van der Waals surface area contributed by atoms with Crippen LogP contribution >= 0.6 is 11.3 Å². The number of aliphatic hydroxyl groups is 1. The van der Waals surface area contributed by atoms with Crippen molar-refractivity contribution in [3.63, 3.8) is 0 Å². The summed E-state index contributed by atoms with van der Waals surface area (Å²) >= 11 is 1.55. The molecule has 1 amide bonds. The van der Waals surface area contributed by atoms with Gasteiger partial charge in [0.05, 0.1) is 22.9 Å². The van der Waals surface area contributed by atoms with Crippen molar-refractivity contribution in [2.24, 2.45) is 5.92 Å². The minimum atomic E-state index is -0.214. The quantitative estimate of drug-likeness (QED) is 0.873. The third-order valence-electron chi connectivity index (χ3n) is 4.70. The van der Waals surface area contributed by atoms with E-state index in [4.69, 9.17) is 0 Å². The van der Waals surface area contributed by atoms with Crippen molar-refractivity contribution in [3.05, 3.63) is 24.3 Å². The van der Waals surface area contributed by atoms with E-state index in [-0.39, 0.29) is 12.0 Å². The average molecular weight is 347 g/mol. The van der Waals surface area contributed by atoms with Crippen LogP contribution in [0.2, 0.25) is 0 Å². The lowest BCUT2D eigenvalue weighted by Crippen LogP contribution is -2.41. The summed E-state index contributed by atoms with van der Waals surface area (Å²) in [5.74, 6) is 0.354. The van der Waals surface area contributed by atoms with Crippen LogP contribution in [0.25, 0.3) is 10.2 Å². The van der Waals surface area contributed by atoms with Gasteiger partial charge in [-0.3, -0.25) is 14.6 Å². The monoisotopic (exact) mass is 347 g/mol. The maximum atomic E-state index is 12.7. The van der Waals surface area contributed by atoms with Crippen molar-refractivity contribution < 1.29 is 9.90 Å². The molecule has 1 aromatic carbocycles. The number of aromatic nitrogens is 1. The lowest BCUT2D eigenvalue weighted by Gasteiger charge is -2.25. The molecule has 5 nitrogen and oxygen atoms in total. The summed E-state index contributed by atoms with van der Waals surface area (Å²) in [6, 6.07) is 7.96. The normalized spacial score (nSPS) is 20.8. The molecule has 1 aliphatic carbocycles. The number of para-hydroxylation sites is 1. The first-order chi connectivity index (χ1) is 11.6. The van der Waals surface area contributed by atoms with Crippen molar-refractivity contribution in [1.29, 1.82) is 0 Å². The number of amides is 1. The lowest BCUT2D eigenvalue weighted by atomic mass is 10.1. The first kappa shape index (κ1) is 17.3. The van der Waals surface area contributed by atoms with Gasteiger partial charge < -0.3 is 5.11 Å². The molecule has 0 radical (unpaired) electrons. The zero-order valence-corrected chi connectivity index (χ0v) is 15.1. The van der Waals surface area contributed by atoms with Gasteiger partial charge in [0, 0.05) is 13.1 Å². The SMILES string of the molecule is CCN(C(=O)CN(C)CC1CCCC1O)c1nc2ccccc2s1. The van der Waals surface area contributed by atoms with Crippen LogP contribution in [0.3, 0.4) is 0 Å². The summed E-state index contributed by atoms with van der Waals surface area (Å²) in [6.45, 7) is 3.71. The molecule has 3 rings (SSSR count). The standard InChI is InChI=1S/C18H25N3O2S/c1-3-21(18-19-14-8-4-5-10-16(14)24-18)17(23)12-20(2)11-13-7-6-9-15(13)22/h4-5,8,10,13,15,22H,3,6-7,9,11-12H2,1-2H3. The smallest absolute Gasteiger partial charge is 0.242 e. The fraction of sp³-hybridized carbons (Fsp3) is 0.556. The topological polar surface area (TPSA) is 56.7 Å². The van der Waals surface area contributed by atoms with Crippen LogP contribution < -0.4 is 4.90 Å². The van der Waals surface area contributed by atoms with E-state index < -0.39 is 0 Å². The Hall–Kier alpha value is -1.50. The minimum Gasteiger partial charge on any atom is -0.393 e. The Morgan fingerprint density at radius 3 is 2.83 bits per heavy atom. The fourth-order valence-electron chi connectivity index (χ4n) is 3.41. The molecule has 2 unspecified atom stereocenters. The number of thiazole rings is 1. The molecule has 1 saturated carbocycles. The number of carbonyl (C=O) groups excluding carboxylic acids is 1.